The van der Waals surface area contributed by atoms with Gasteiger partial charge >= 0.3 is 0 Å². The second kappa shape index (κ2) is 4.04. The van der Waals surface area contributed by atoms with E-state index in [0.29, 0.717) is 10.7 Å². The lowest BCUT2D eigenvalue weighted by atomic mass is 10.1. The van der Waals surface area contributed by atoms with Gasteiger partial charge in [0.15, 0.2) is 0 Å². The molecule has 15 heavy (non-hydrogen) atoms. The van der Waals surface area contributed by atoms with Crippen LogP contribution >= 0.6 is 23.2 Å². The average molecular weight is 241 g/mol. The normalized spacial score (nSPS) is 10.3. The molecule has 1 N–H and O–H groups in total. The largest absolute Gasteiger partial charge is 0.282 e. The van der Waals surface area contributed by atoms with Gasteiger partial charge in [0.05, 0.1) is 5.69 Å². The fourth-order valence-electron chi connectivity index (χ4n) is 1.15. The van der Waals surface area contributed by atoms with Crippen LogP contribution in [0.4, 0.5) is 0 Å². The lowest BCUT2D eigenvalue weighted by Crippen LogP contribution is -2.08. The number of hydrogen-bond donors (Lipinski definition) is 1. The molecule has 0 saturated heterocycles. The molecule has 1 heterocycles. The van der Waals surface area contributed by atoms with Gasteiger partial charge in [-0.25, -0.2) is 5.10 Å². The van der Waals surface area contributed by atoms with Crippen molar-refractivity contribution in [1.82, 2.24) is 10.2 Å². The van der Waals surface area contributed by atoms with Gasteiger partial charge < -0.3 is 0 Å². The molecule has 0 aliphatic carbocycles. The van der Waals surface area contributed by atoms with Crippen molar-refractivity contribution < 1.29 is 0 Å². The fourth-order valence-corrected chi connectivity index (χ4v) is 1.42. The first-order valence-corrected chi connectivity index (χ1v) is 4.93. The predicted molar refractivity (Wildman–Crippen MR) is 60.3 cm³/mol. The minimum Gasteiger partial charge on any atom is -0.266 e. The first-order chi connectivity index (χ1) is 7.16. The Balaban J connectivity index is 2.50. The number of nitrogens with zero attached hydrogens (tertiary/aromatic N) is 1. The van der Waals surface area contributed by atoms with Crippen LogP contribution in [-0.4, -0.2) is 10.2 Å². The predicted octanol–water partition coefficient (Wildman–Crippen LogP) is 2.74. The van der Waals surface area contributed by atoms with Crippen molar-refractivity contribution in [3.63, 3.8) is 0 Å². The molecular weight excluding hydrogens is 235 g/mol. The van der Waals surface area contributed by atoms with Crippen molar-refractivity contribution in [3.05, 3.63) is 50.7 Å². The average Bonchev–Trinajstić information content (AvgIpc) is 2.23. The lowest BCUT2D eigenvalue weighted by Gasteiger charge is -2.00. The van der Waals surface area contributed by atoms with Gasteiger partial charge in [0.2, 0.25) is 0 Å². The van der Waals surface area contributed by atoms with E-state index in [2.05, 4.69) is 10.2 Å². The highest BCUT2D eigenvalue weighted by Gasteiger charge is 2.02. The highest BCUT2D eigenvalue weighted by molar-refractivity contribution is 6.31. The standard InChI is InChI=1S/C10H6Cl2N2O/c11-7-3-1-6(2-4-7)9-5-8(12)10(15)14-13-9/h1-5H,(H,14,15). The second-order valence-electron chi connectivity index (χ2n) is 2.94. The third-order valence-corrected chi connectivity index (χ3v) is 2.43. The van der Waals surface area contributed by atoms with Crippen LogP contribution in [0, 0.1) is 0 Å². The van der Waals surface area contributed by atoms with Crippen LogP contribution in [0.25, 0.3) is 11.3 Å². The number of H-pyrrole nitrogens is 1. The topological polar surface area (TPSA) is 45.8 Å². The molecular formula is C10H6Cl2N2O. The number of rotatable bonds is 1. The number of halogens is 2. The first-order valence-electron chi connectivity index (χ1n) is 4.18. The first kappa shape index (κ1) is 10.2. The molecule has 76 valence electrons. The zero-order chi connectivity index (χ0) is 10.8. The highest BCUT2D eigenvalue weighted by Crippen LogP contribution is 2.19. The minimum absolute atomic E-state index is 0.120. The molecule has 3 nitrogen and oxygen atoms in total. The minimum atomic E-state index is -0.394. The molecule has 0 atom stereocenters. The Hall–Kier alpha value is -1.32. The molecule has 1 aromatic carbocycles. The van der Waals surface area contributed by atoms with E-state index < -0.39 is 5.56 Å². The maximum Gasteiger partial charge on any atom is 0.282 e. The number of benzene rings is 1. The van der Waals surface area contributed by atoms with Gasteiger partial charge in [-0.05, 0) is 18.2 Å². The Morgan fingerprint density at radius 3 is 2.40 bits per heavy atom. The van der Waals surface area contributed by atoms with Crippen LogP contribution in [0.5, 0.6) is 0 Å². The van der Waals surface area contributed by atoms with E-state index >= 15 is 0 Å². The van der Waals surface area contributed by atoms with Crippen LogP contribution in [0.15, 0.2) is 35.1 Å². The van der Waals surface area contributed by atoms with Gasteiger partial charge in [-0.2, -0.15) is 5.10 Å². The van der Waals surface area contributed by atoms with E-state index in [1.807, 2.05) is 0 Å². The summed E-state index contributed by atoms with van der Waals surface area (Å²) in [7, 11) is 0. The van der Waals surface area contributed by atoms with E-state index in [0.717, 1.165) is 5.56 Å². The molecule has 0 bridgehead atoms. The molecule has 2 aromatic rings. The molecule has 0 unspecified atom stereocenters. The van der Waals surface area contributed by atoms with Crippen LogP contribution in [0.2, 0.25) is 10.0 Å². The monoisotopic (exact) mass is 240 g/mol. The molecule has 0 amide bonds. The molecule has 5 heteroatoms. The SMILES string of the molecule is O=c1[nH]nc(-c2ccc(Cl)cc2)cc1Cl. The Labute approximate surface area is 95.7 Å². The van der Waals surface area contributed by atoms with Crippen LogP contribution in [0.3, 0.4) is 0 Å². The molecule has 0 aliphatic rings. The molecule has 2 rings (SSSR count). The van der Waals surface area contributed by atoms with Crippen molar-refractivity contribution in [3.8, 4) is 11.3 Å². The van der Waals surface area contributed by atoms with E-state index in [1.165, 1.54) is 6.07 Å². The highest BCUT2D eigenvalue weighted by atomic mass is 35.5. The number of aromatic amines is 1. The van der Waals surface area contributed by atoms with E-state index in [1.54, 1.807) is 24.3 Å². The van der Waals surface area contributed by atoms with Crippen LogP contribution < -0.4 is 5.56 Å². The zero-order valence-corrected chi connectivity index (χ0v) is 9.01. The van der Waals surface area contributed by atoms with E-state index in [9.17, 15) is 4.79 Å². The molecule has 0 radical (unpaired) electrons. The van der Waals surface area contributed by atoms with E-state index in [-0.39, 0.29) is 5.02 Å². The summed E-state index contributed by atoms with van der Waals surface area (Å²) in [6, 6.07) is 8.62. The maximum atomic E-state index is 11.0. The summed E-state index contributed by atoms with van der Waals surface area (Å²) in [5.41, 5.74) is 1.06. The van der Waals surface area contributed by atoms with Gasteiger partial charge in [-0.15, -0.1) is 0 Å². The zero-order valence-electron chi connectivity index (χ0n) is 7.50. The smallest absolute Gasteiger partial charge is 0.266 e. The molecule has 1 aromatic heterocycles. The summed E-state index contributed by atoms with van der Waals surface area (Å²) in [6.45, 7) is 0. The Morgan fingerprint density at radius 1 is 1.13 bits per heavy atom. The summed E-state index contributed by atoms with van der Waals surface area (Å²) in [4.78, 5) is 11.0. The van der Waals surface area contributed by atoms with Gasteiger partial charge in [0.25, 0.3) is 5.56 Å². The quantitative estimate of drug-likeness (QED) is 0.834. The maximum absolute atomic E-state index is 11.0. The van der Waals surface area contributed by atoms with Crippen molar-refractivity contribution in [2.75, 3.05) is 0 Å². The third-order valence-electron chi connectivity index (χ3n) is 1.90. The summed E-state index contributed by atoms with van der Waals surface area (Å²) in [6.07, 6.45) is 0. The number of aromatic nitrogens is 2. The summed E-state index contributed by atoms with van der Waals surface area (Å²) in [5, 5.41) is 6.95. The lowest BCUT2D eigenvalue weighted by molar-refractivity contribution is 0.996. The third kappa shape index (κ3) is 2.19. The number of nitrogens with one attached hydrogen (secondary N) is 1. The molecule has 0 spiro atoms. The Morgan fingerprint density at radius 2 is 1.80 bits per heavy atom. The van der Waals surface area contributed by atoms with Crippen molar-refractivity contribution in [1.29, 1.82) is 0 Å². The molecule has 0 aliphatic heterocycles. The summed E-state index contributed by atoms with van der Waals surface area (Å²) < 4.78 is 0. The van der Waals surface area contributed by atoms with Crippen molar-refractivity contribution >= 4 is 23.2 Å². The van der Waals surface area contributed by atoms with Gasteiger partial charge in [-0.1, -0.05) is 35.3 Å². The van der Waals surface area contributed by atoms with Gasteiger partial charge in [-0.3, -0.25) is 4.79 Å². The Kier molecular flexibility index (Phi) is 2.75. The van der Waals surface area contributed by atoms with Crippen molar-refractivity contribution in [2.45, 2.75) is 0 Å². The van der Waals surface area contributed by atoms with Gasteiger partial charge in [0, 0.05) is 10.6 Å². The van der Waals surface area contributed by atoms with Crippen LogP contribution in [-0.2, 0) is 0 Å². The van der Waals surface area contributed by atoms with Crippen LogP contribution in [0.1, 0.15) is 0 Å². The summed E-state index contributed by atoms with van der Waals surface area (Å²) in [5.74, 6) is 0. The fraction of sp³-hybridized carbons (Fsp3) is 0. The second-order valence-corrected chi connectivity index (χ2v) is 3.78. The summed E-state index contributed by atoms with van der Waals surface area (Å²) >= 11 is 11.4. The van der Waals surface area contributed by atoms with Gasteiger partial charge in [0.1, 0.15) is 5.02 Å². The van der Waals surface area contributed by atoms with Crippen molar-refractivity contribution in [2.24, 2.45) is 0 Å². The number of hydrogen-bond acceptors (Lipinski definition) is 2. The van der Waals surface area contributed by atoms with E-state index in [4.69, 9.17) is 23.2 Å². The molecule has 0 fully saturated rings. The Bertz CT molecular complexity index is 534. The molecule has 0 saturated carbocycles.